The molecule has 1 saturated heterocycles. The Morgan fingerprint density at radius 2 is 1.83 bits per heavy atom. The van der Waals surface area contributed by atoms with E-state index in [0.717, 1.165) is 29.5 Å². The van der Waals surface area contributed by atoms with Crippen molar-refractivity contribution in [1.29, 1.82) is 0 Å². The molecule has 0 N–H and O–H groups in total. The van der Waals surface area contributed by atoms with Gasteiger partial charge >= 0.3 is 0 Å². The Labute approximate surface area is 250 Å². The lowest BCUT2D eigenvalue weighted by Gasteiger charge is -2.26. The van der Waals surface area contributed by atoms with Gasteiger partial charge in [-0.3, -0.25) is 4.79 Å². The quantitative estimate of drug-likeness (QED) is 0.209. The molecule has 1 aliphatic heterocycles. The summed E-state index contributed by atoms with van der Waals surface area (Å²) in [5.74, 6) is -0.469. The molecule has 1 aliphatic rings. The number of benzene rings is 3. The highest BCUT2D eigenvalue weighted by atomic mass is 35.5. The molecule has 41 heavy (non-hydrogen) atoms. The number of carbonyl (C=O) groups excluding carboxylic acids is 1. The number of amides is 1. The van der Waals surface area contributed by atoms with Crippen LogP contribution in [-0.4, -0.2) is 48.0 Å². The van der Waals surface area contributed by atoms with Gasteiger partial charge in [-0.15, -0.1) is 0 Å². The van der Waals surface area contributed by atoms with Crippen LogP contribution in [0.1, 0.15) is 45.6 Å². The largest absolute Gasteiger partial charge is 0.376 e. The zero-order valence-corrected chi connectivity index (χ0v) is 25.0. The third-order valence-electron chi connectivity index (χ3n) is 7.22. The monoisotopic (exact) mass is 611 g/mol. The molecule has 3 aromatic carbocycles. The second-order valence-electron chi connectivity index (χ2n) is 10.2. The second-order valence-corrected chi connectivity index (χ2v) is 13.0. The maximum atomic E-state index is 13.8. The summed E-state index contributed by atoms with van der Waals surface area (Å²) >= 11 is 12.5. The standard InChI is InChI=1S/C31H31Cl2N3O4S/c1-22-8-5-6-11-24(22)21-41(38,39)31-34-17-26(36(31)18-23-9-3-2-4-10-23)19-35(20-27-12-7-15-40-27)30(37)28-14-13-25(32)16-29(28)33/h2-6,8-11,13-14,16-17,27H,7,12,15,18-21H2,1H3/t27-/m1/s1. The van der Waals surface area contributed by atoms with Crippen LogP contribution < -0.4 is 0 Å². The highest BCUT2D eigenvalue weighted by molar-refractivity contribution is 7.90. The SMILES string of the molecule is Cc1ccccc1CS(=O)(=O)c1ncc(CN(C[C@H]2CCCO2)C(=O)c2ccc(Cl)cc2Cl)n1Cc1ccccc1. The second kappa shape index (κ2) is 12.8. The Morgan fingerprint density at radius 3 is 2.54 bits per heavy atom. The van der Waals surface area contributed by atoms with Gasteiger partial charge in [-0.25, -0.2) is 13.4 Å². The Balaban J connectivity index is 1.53. The smallest absolute Gasteiger partial charge is 0.255 e. The van der Waals surface area contributed by atoms with Crippen LogP contribution >= 0.6 is 23.2 Å². The summed E-state index contributed by atoms with van der Waals surface area (Å²) in [5.41, 5.74) is 3.43. The lowest BCUT2D eigenvalue weighted by Crippen LogP contribution is -2.37. The molecule has 2 heterocycles. The van der Waals surface area contributed by atoms with Crippen LogP contribution in [0, 0.1) is 6.92 Å². The van der Waals surface area contributed by atoms with Crippen molar-refractivity contribution < 1.29 is 17.9 Å². The molecule has 7 nitrogen and oxygen atoms in total. The summed E-state index contributed by atoms with van der Waals surface area (Å²) in [5, 5.41) is 0.648. The molecular weight excluding hydrogens is 581 g/mol. The van der Waals surface area contributed by atoms with Crippen molar-refractivity contribution in [2.45, 2.75) is 49.9 Å². The van der Waals surface area contributed by atoms with Crippen LogP contribution in [0.25, 0.3) is 0 Å². The summed E-state index contributed by atoms with van der Waals surface area (Å²) in [6.07, 6.45) is 3.17. The predicted octanol–water partition coefficient (Wildman–Crippen LogP) is 6.34. The van der Waals surface area contributed by atoms with Gasteiger partial charge in [-0.05, 0) is 54.7 Å². The minimum atomic E-state index is -3.82. The zero-order valence-electron chi connectivity index (χ0n) is 22.7. The fourth-order valence-corrected chi connectivity index (χ4v) is 7.11. The molecule has 1 fully saturated rings. The van der Waals surface area contributed by atoms with Crippen LogP contribution in [0.5, 0.6) is 0 Å². The fourth-order valence-electron chi connectivity index (χ4n) is 5.03. The molecule has 0 spiro atoms. The van der Waals surface area contributed by atoms with Crippen LogP contribution in [0.3, 0.4) is 0 Å². The molecule has 0 aliphatic carbocycles. The van der Waals surface area contributed by atoms with Crippen LogP contribution in [0.2, 0.25) is 10.0 Å². The van der Waals surface area contributed by atoms with E-state index in [9.17, 15) is 13.2 Å². The van der Waals surface area contributed by atoms with Crippen molar-refractivity contribution in [3.63, 3.8) is 0 Å². The van der Waals surface area contributed by atoms with E-state index in [0.29, 0.717) is 29.4 Å². The Hall–Kier alpha value is -3.17. The minimum Gasteiger partial charge on any atom is -0.376 e. The van der Waals surface area contributed by atoms with Crippen LogP contribution in [-0.2, 0) is 33.4 Å². The van der Waals surface area contributed by atoms with Crippen molar-refractivity contribution in [3.8, 4) is 0 Å². The van der Waals surface area contributed by atoms with Gasteiger partial charge in [0, 0.05) is 18.2 Å². The van der Waals surface area contributed by atoms with E-state index in [2.05, 4.69) is 4.98 Å². The molecule has 1 atom stereocenters. The van der Waals surface area contributed by atoms with E-state index in [1.54, 1.807) is 27.8 Å². The van der Waals surface area contributed by atoms with Gasteiger partial charge in [0.05, 0.1) is 47.4 Å². The van der Waals surface area contributed by atoms with E-state index in [-0.39, 0.29) is 41.0 Å². The molecule has 5 rings (SSSR count). The number of nitrogens with zero attached hydrogens (tertiary/aromatic N) is 3. The molecule has 0 unspecified atom stereocenters. The number of imidazole rings is 1. The fraction of sp³-hybridized carbons (Fsp3) is 0.290. The van der Waals surface area contributed by atoms with Crippen molar-refractivity contribution in [2.24, 2.45) is 0 Å². The Morgan fingerprint density at radius 1 is 1.07 bits per heavy atom. The number of carbonyl (C=O) groups is 1. The van der Waals surface area contributed by atoms with E-state index < -0.39 is 9.84 Å². The summed E-state index contributed by atoms with van der Waals surface area (Å²) in [6.45, 7) is 3.27. The number of aromatic nitrogens is 2. The summed E-state index contributed by atoms with van der Waals surface area (Å²) in [7, 11) is -3.82. The molecule has 4 aromatic rings. The third kappa shape index (κ3) is 7.01. The molecule has 0 saturated carbocycles. The number of hydrogen-bond acceptors (Lipinski definition) is 5. The van der Waals surface area contributed by atoms with Gasteiger partial charge in [-0.1, -0.05) is 77.8 Å². The first kappa shape index (κ1) is 29.3. The van der Waals surface area contributed by atoms with Gasteiger partial charge in [0.1, 0.15) is 0 Å². The molecule has 214 valence electrons. The van der Waals surface area contributed by atoms with Crippen molar-refractivity contribution in [3.05, 3.63) is 117 Å². The average molecular weight is 613 g/mol. The first-order chi connectivity index (χ1) is 19.7. The number of rotatable bonds is 10. The zero-order chi connectivity index (χ0) is 29.0. The maximum Gasteiger partial charge on any atom is 0.255 e. The van der Waals surface area contributed by atoms with E-state index in [1.807, 2.05) is 61.5 Å². The van der Waals surface area contributed by atoms with Crippen molar-refractivity contribution in [1.82, 2.24) is 14.5 Å². The minimum absolute atomic E-state index is 0.0337. The summed E-state index contributed by atoms with van der Waals surface area (Å²) < 4.78 is 35.1. The molecule has 0 bridgehead atoms. The van der Waals surface area contributed by atoms with Crippen LogP contribution in [0.4, 0.5) is 0 Å². The molecular formula is C31H31Cl2N3O4S. The Kier molecular flexibility index (Phi) is 9.14. The molecule has 0 radical (unpaired) electrons. The van der Waals surface area contributed by atoms with E-state index >= 15 is 0 Å². The van der Waals surface area contributed by atoms with Crippen molar-refractivity contribution >= 4 is 38.9 Å². The lowest BCUT2D eigenvalue weighted by molar-refractivity contribution is 0.0502. The number of hydrogen-bond donors (Lipinski definition) is 0. The maximum absolute atomic E-state index is 13.8. The highest BCUT2D eigenvalue weighted by Crippen LogP contribution is 2.26. The topological polar surface area (TPSA) is 81.5 Å². The highest BCUT2D eigenvalue weighted by Gasteiger charge is 2.29. The summed E-state index contributed by atoms with van der Waals surface area (Å²) in [6, 6.07) is 21.8. The Bertz CT molecular complexity index is 1630. The number of aryl methyl sites for hydroxylation is 1. The average Bonchev–Trinajstić information content (AvgIpc) is 3.60. The van der Waals surface area contributed by atoms with Gasteiger partial charge in [0.25, 0.3) is 5.91 Å². The third-order valence-corrected chi connectivity index (χ3v) is 9.34. The number of sulfone groups is 1. The normalized spacial score (nSPS) is 15.2. The summed E-state index contributed by atoms with van der Waals surface area (Å²) in [4.78, 5) is 19.9. The van der Waals surface area contributed by atoms with E-state index in [4.69, 9.17) is 27.9 Å². The van der Waals surface area contributed by atoms with Crippen molar-refractivity contribution in [2.75, 3.05) is 13.2 Å². The lowest BCUT2D eigenvalue weighted by atomic mass is 10.1. The predicted molar refractivity (Wildman–Crippen MR) is 160 cm³/mol. The number of ether oxygens (including phenoxy) is 1. The molecule has 10 heteroatoms. The molecule has 1 amide bonds. The van der Waals surface area contributed by atoms with Crippen LogP contribution in [0.15, 0.2) is 84.1 Å². The first-order valence-electron chi connectivity index (χ1n) is 13.4. The van der Waals surface area contributed by atoms with Gasteiger partial charge < -0.3 is 14.2 Å². The van der Waals surface area contributed by atoms with Gasteiger partial charge in [-0.2, -0.15) is 0 Å². The van der Waals surface area contributed by atoms with Gasteiger partial charge in [0.2, 0.25) is 15.0 Å². The number of halogens is 2. The van der Waals surface area contributed by atoms with Gasteiger partial charge in [0.15, 0.2) is 0 Å². The molecule has 1 aromatic heterocycles. The first-order valence-corrected chi connectivity index (χ1v) is 15.8. The van der Waals surface area contributed by atoms with E-state index in [1.165, 1.54) is 6.07 Å².